The highest BCUT2D eigenvalue weighted by atomic mass is 19.1. The number of benzene rings is 1. The lowest BCUT2D eigenvalue weighted by Gasteiger charge is -2.35. The molecule has 1 aromatic heterocycles. The number of rotatable bonds is 11. The molecule has 2 aliphatic carbocycles. The van der Waals surface area contributed by atoms with Gasteiger partial charge in [0.05, 0.1) is 24.2 Å². The summed E-state index contributed by atoms with van der Waals surface area (Å²) in [6, 6.07) is 3.52. The van der Waals surface area contributed by atoms with Crippen molar-refractivity contribution in [3.8, 4) is 0 Å². The minimum Gasteiger partial charge on any atom is -0.358 e. The van der Waals surface area contributed by atoms with Crippen LogP contribution in [0.15, 0.2) is 35.9 Å². The van der Waals surface area contributed by atoms with Crippen LogP contribution in [-0.2, 0) is 19.2 Å². The number of fused-ring (bicyclic) bond motifs is 2. The molecule has 1 aromatic carbocycles. The molecule has 1 unspecified atom stereocenters. The molecule has 7 atom stereocenters. The van der Waals surface area contributed by atoms with Crippen LogP contribution in [0.4, 0.5) is 4.39 Å². The van der Waals surface area contributed by atoms with Gasteiger partial charge in [-0.3, -0.25) is 19.2 Å². The van der Waals surface area contributed by atoms with Crippen LogP contribution in [0, 0.1) is 11.7 Å². The zero-order valence-electron chi connectivity index (χ0n) is 29.9. The molecule has 272 valence electrons. The van der Waals surface area contributed by atoms with E-state index in [0.717, 1.165) is 80.0 Å². The Morgan fingerprint density at radius 2 is 1.58 bits per heavy atom. The first-order chi connectivity index (χ1) is 24.1. The number of nitrogens with zero attached hydrogens (tertiary/aromatic N) is 2. The normalized spacial score (nSPS) is 25.1. The lowest BCUT2D eigenvalue weighted by molar-refractivity contribution is -0.140. The van der Waals surface area contributed by atoms with E-state index in [4.69, 9.17) is 0 Å². The van der Waals surface area contributed by atoms with E-state index >= 15 is 0 Å². The van der Waals surface area contributed by atoms with Gasteiger partial charge < -0.3 is 36.1 Å². The van der Waals surface area contributed by atoms with Gasteiger partial charge in [-0.15, -0.1) is 0 Å². The summed E-state index contributed by atoms with van der Waals surface area (Å²) in [6.45, 7) is 4.34. The molecule has 3 heterocycles. The van der Waals surface area contributed by atoms with Crippen LogP contribution in [-0.4, -0.2) is 102 Å². The quantitative estimate of drug-likeness (QED) is 0.229. The molecule has 0 bridgehead atoms. The van der Waals surface area contributed by atoms with Gasteiger partial charge in [-0.1, -0.05) is 25.3 Å². The Labute approximate surface area is 294 Å². The lowest BCUT2D eigenvalue weighted by Crippen LogP contribution is -2.57. The number of aromatic amines is 1. The van der Waals surface area contributed by atoms with Crippen molar-refractivity contribution in [3.05, 3.63) is 47.4 Å². The molecule has 0 radical (unpaired) electrons. The maximum Gasteiger partial charge on any atom is 0.249 e. The molecular weight excluding hydrogens is 637 g/mol. The zero-order chi connectivity index (χ0) is 35.5. The Morgan fingerprint density at radius 1 is 0.860 bits per heavy atom. The predicted octanol–water partition coefficient (Wildman–Crippen LogP) is 3.47. The summed E-state index contributed by atoms with van der Waals surface area (Å²) in [5, 5.41) is 12.9. The lowest BCUT2D eigenvalue weighted by atomic mass is 9.83. The monoisotopic (exact) mass is 691 g/mol. The maximum atomic E-state index is 14.8. The van der Waals surface area contributed by atoms with E-state index in [0.29, 0.717) is 19.5 Å². The summed E-state index contributed by atoms with van der Waals surface area (Å²) in [6.07, 6.45) is 11.2. The number of likely N-dealkylation sites (N-methyl/N-ethyl adjacent to an activating group) is 2. The van der Waals surface area contributed by atoms with Gasteiger partial charge in [0.25, 0.3) is 0 Å². The number of halogens is 1. The van der Waals surface area contributed by atoms with Crippen molar-refractivity contribution in [2.45, 2.75) is 120 Å². The van der Waals surface area contributed by atoms with Crippen molar-refractivity contribution in [2.75, 3.05) is 27.2 Å². The first-order valence-corrected chi connectivity index (χ1v) is 18.6. The Morgan fingerprint density at radius 3 is 2.26 bits per heavy atom. The Hall–Kier alpha value is -3.77. The van der Waals surface area contributed by atoms with Crippen molar-refractivity contribution in [2.24, 2.45) is 5.92 Å². The second kappa shape index (κ2) is 15.6. The number of nitrogens with one attached hydrogen (secondary N) is 5. The van der Waals surface area contributed by atoms with Crippen LogP contribution in [0.5, 0.6) is 0 Å². The summed E-state index contributed by atoms with van der Waals surface area (Å²) in [4.78, 5) is 63.3. The van der Waals surface area contributed by atoms with Crippen LogP contribution in [0.3, 0.4) is 0 Å². The van der Waals surface area contributed by atoms with Crippen LogP contribution in [0.2, 0.25) is 0 Å². The third-order valence-electron chi connectivity index (χ3n) is 11.8. The second-order valence-corrected chi connectivity index (χ2v) is 14.8. The standard InChI is InChI=1S/C38H54FN7O4/c1-22(40-3)35(47)43-32(24-11-7-5-8-12-24)37(49)45-18-17-31-34(45)28(30-20-26-19-27(39)15-16-29(26)42-30)21-46(31)38(50)33(25-13-9-6-10-14-25)44-36(48)23(2)41-4/h11,15-16,19-20,22-23,25,28,31-34,40-42H,5-10,12-14,17-18,21H2,1-4H3,(H,43,47)(H,44,48)/t22-,23-,28+,31?,32-,33-,34+/m0/s1. The van der Waals surface area contributed by atoms with E-state index in [1.165, 1.54) is 12.1 Å². The summed E-state index contributed by atoms with van der Waals surface area (Å²) in [7, 11) is 3.45. The Balaban J connectivity index is 1.36. The van der Waals surface area contributed by atoms with Crippen LogP contribution >= 0.6 is 0 Å². The molecule has 2 saturated heterocycles. The van der Waals surface area contributed by atoms with Crippen molar-refractivity contribution in [1.29, 1.82) is 0 Å². The number of likely N-dealkylation sites (tertiary alicyclic amines) is 2. The minimum absolute atomic E-state index is 0.0314. The number of amides is 4. The van der Waals surface area contributed by atoms with E-state index < -0.39 is 24.2 Å². The topological polar surface area (TPSA) is 139 Å². The van der Waals surface area contributed by atoms with Crippen LogP contribution in [0.1, 0.15) is 89.7 Å². The molecule has 0 spiro atoms. The number of hydrogen-bond donors (Lipinski definition) is 5. The minimum atomic E-state index is -0.795. The average Bonchev–Trinajstić information content (AvgIpc) is 3.86. The summed E-state index contributed by atoms with van der Waals surface area (Å²) in [5.41, 5.74) is 2.55. The smallest absolute Gasteiger partial charge is 0.249 e. The van der Waals surface area contributed by atoms with Gasteiger partial charge in [0.15, 0.2) is 0 Å². The number of allylic oxidation sites excluding steroid dienone is 1. The molecular formula is C38H54FN7O4. The van der Waals surface area contributed by atoms with Crippen molar-refractivity contribution in [1.82, 2.24) is 36.1 Å². The van der Waals surface area contributed by atoms with Crippen molar-refractivity contribution < 1.29 is 23.6 Å². The number of aromatic nitrogens is 1. The summed E-state index contributed by atoms with van der Waals surface area (Å²) >= 11 is 0. The second-order valence-electron chi connectivity index (χ2n) is 14.8. The third-order valence-corrected chi connectivity index (χ3v) is 11.8. The molecule has 5 N–H and O–H groups in total. The fourth-order valence-electron chi connectivity index (χ4n) is 8.64. The van der Waals surface area contributed by atoms with Crippen molar-refractivity contribution in [3.63, 3.8) is 0 Å². The summed E-state index contributed by atoms with van der Waals surface area (Å²) < 4.78 is 14.3. The Kier molecular flexibility index (Phi) is 11.3. The molecule has 50 heavy (non-hydrogen) atoms. The zero-order valence-corrected chi connectivity index (χ0v) is 29.9. The maximum absolute atomic E-state index is 14.8. The molecule has 4 amide bonds. The molecule has 11 nitrogen and oxygen atoms in total. The van der Waals surface area contributed by atoms with Gasteiger partial charge in [-0.2, -0.15) is 0 Å². The fourth-order valence-corrected chi connectivity index (χ4v) is 8.64. The van der Waals surface area contributed by atoms with E-state index in [1.54, 1.807) is 34.0 Å². The predicted molar refractivity (Wildman–Crippen MR) is 191 cm³/mol. The number of hydrogen-bond acceptors (Lipinski definition) is 6. The molecule has 3 fully saturated rings. The molecule has 4 aliphatic rings. The third kappa shape index (κ3) is 7.32. The highest BCUT2D eigenvalue weighted by molar-refractivity contribution is 5.93. The summed E-state index contributed by atoms with van der Waals surface area (Å²) in [5.74, 6) is -1.30. The molecule has 2 aromatic rings. The Bertz CT molecular complexity index is 1600. The first-order valence-electron chi connectivity index (χ1n) is 18.6. The fraction of sp³-hybridized carbons (Fsp3) is 0.632. The van der Waals surface area contributed by atoms with Gasteiger partial charge in [0, 0.05) is 35.6 Å². The number of carbonyl (C=O) groups excluding carboxylic acids is 4. The SMILES string of the molecule is CN[C@@H](C)C(=O)N[C@H](C(=O)N1CCC2[C@H]1[C@@H](c1cc3cc(F)ccc3[nH]1)CN2C(=O)[C@@H](NC(=O)[C@H](C)NC)C1CCCCC1)C1=CCCCC1. The van der Waals surface area contributed by atoms with Gasteiger partial charge >= 0.3 is 0 Å². The number of H-pyrrole nitrogens is 1. The highest BCUT2D eigenvalue weighted by Gasteiger charge is 2.55. The number of carbonyl (C=O) groups is 4. The molecule has 6 rings (SSSR count). The average molecular weight is 692 g/mol. The first kappa shape index (κ1) is 36.0. The van der Waals surface area contributed by atoms with Gasteiger partial charge in [-0.25, -0.2) is 4.39 Å². The highest BCUT2D eigenvalue weighted by Crippen LogP contribution is 2.43. The van der Waals surface area contributed by atoms with E-state index in [2.05, 4.69) is 32.3 Å². The van der Waals surface area contributed by atoms with E-state index in [9.17, 15) is 23.6 Å². The van der Waals surface area contributed by atoms with E-state index in [1.807, 2.05) is 15.9 Å². The van der Waals surface area contributed by atoms with Crippen LogP contribution < -0.4 is 21.3 Å². The van der Waals surface area contributed by atoms with Crippen LogP contribution in [0.25, 0.3) is 10.9 Å². The van der Waals surface area contributed by atoms with Crippen molar-refractivity contribution >= 4 is 34.5 Å². The molecule has 2 aliphatic heterocycles. The molecule has 1 saturated carbocycles. The van der Waals surface area contributed by atoms with Gasteiger partial charge in [-0.05, 0) is 109 Å². The molecule has 12 heteroatoms. The van der Waals surface area contributed by atoms with E-state index in [-0.39, 0.29) is 53.4 Å². The van der Waals surface area contributed by atoms with Gasteiger partial charge in [0.1, 0.15) is 17.9 Å². The van der Waals surface area contributed by atoms with Gasteiger partial charge in [0.2, 0.25) is 23.6 Å². The largest absolute Gasteiger partial charge is 0.358 e.